The lowest BCUT2D eigenvalue weighted by Crippen LogP contribution is -2.32. The Morgan fingerprint density at radius 1 is 1.15 bits per heavy atom. The van der Waals surface area contributed by atoms with Crippen LogP contribution in [0.1, 0.15) is 5.56 Å². The maximum absolute atomic E-state index is 10.6. The highest BCUT2D eigenvalue weighted by atomic mass is 35.5. The van der Waals surface area contributed by atoms with E-state index in [1.54, 1.807) is 12.4 Å². The number of nitrogens with two attached hydrogens (primary N) is 1. The molecule has 0 radical (unpaired) electrons. The Balaban J connectivity index is 0.00000180. The number of nitrogens with zero attached hydrogens (tertiary/aromatic N) is 2. The first-order chi connectivity index (χ1) is 8.66. The molecule has 0 aliphatic heterocycles. The SMILES string of the molecule is Cl.Cl.N[C@@H](Cc1ccc(-c2ccccn2)nc1)C(=O)O. The Hall–Kier alpha value is -1.69. The van der Waals surface area contributed by atoms with E-state index in [0.29, 0.717) is 0 Å². The fourth-order valence-electron chi connectivity index (χ4n) is 1.55. The van der Waals surface area contributed by atoms with Crippen LogP contribution in [0.3, 0.4) is 0 Å². The van der Waals surface area contributed by atoms with Crippen LogP contribution in [0.5, 0.6) is 0 Å². The van der Waals surface area contributed by atoms with Gasteiger partial charge in [0, 0.05) is 12.4 Å². The van der Waals surface area contributed by atoms with E-state index in [4.69, 9.17) is 10.8 Å². The third-order valence-electron chi connectivity index (χ3n) is 2.52. The van der Waals surface area contributed by atoms with Crippen LogP contribution in [0.2, 0.25) is 0 Å². The van der Waals surface area contributed by atoms with Crippen LogP contribution in [-0.2, 0) is 11.2 Å². The van der Waals surface area contributed by atoms with Crippen LogP contribution in [0.15, 0.2) is 42.7 Å². The van der Waals surface area contributed by atoms with Crippen molar-refractivity contribution in [1.29, 1.82) is 0 Å². The lowest BCUT2D eigenvalue weighted by atomic mass is 10.1. The summed E-state index contributed by atoms with van der Waals surface area (Å²) >= 11 is 0. The Morgan fingerprint density at radius 2 is 1.85 bits per heavy atom. The Bertz CT molecular complexity index is 535. The van der Waals surface area contributed by atoms with Crippen molar-refractivity contribution in [3.63, 3.8) is 0 Å². The van der Waals surface area contributed by atoms with Gasteiger partial charge in [-0.25, -0.2) is 0 Å². The van der Waals surface area contributed by atoms with Gasteiger partial charge in [0.1, 0.15) is 6.04 Å². The van der Waals surface area contributed by atoms with E-state index in [9.17, 15) is 4.79 Å². The summed E-state index contributed by atoms with van der Waals surface area (Å²) in [4.78, 5) is 19.1. The summed E-state index contributed by atoms with van der Waals surface area (Å²) in [6.07, 6.45) is 3.60. The monoisotopic (exact) mass is 315 g/mol. The summed E-state index contributed by atoms with van der Waals surface area (Å²) in [7, 11) is 0. The van der Waals surface area contributed by atoms with Crippen molar-refractivity contribution in [3.05, 3.63) is 48.3 Å². The Labute approximate surface area is 129 Å². The highest BCUT2D eigenvalue weighted by Crippen LogP contribution is 2.13. The number of halogens is 2. The number of carboxylic acid groups (broad SMARTS) is 1. The summed E-state index contributed by atoms with van der Waals surface area (Å²) in [6, 6.07) is 8.33. The third-order valence-corrected chi connectivity index (χ3v) is 2.52. The average molecular weight is 316 g/mol. The van der Waals surface area contributed by atoms with Gasteiger partial charge in [-0.3, -0.25) is 14.8 Å². The van der Waals surface area contributed by atoms with E-state index in [2.05, 4.69) is 9.97 Å². The molecular formula is C13H15Cl2N3O2. The first-order valence-corrected chi connectivity index (χ1v) is 5.51. The zero-order valence-electron chi connectivity index (χ0n) is 10.5. The van der Waals surface area contributed by atoms with Crippen molar-refractivity contribution >= 4 is 30.8 Å². The maximum atomic E-state index is 10.6. The molecule has 0 bridgehead atoms. The van der Waals surface area contributed by atoms with Crippen LogP contribution in [0.4, 0.5) is 0 Å². The van der Waals surface area contributed by atoms with Gasteiger partial charge in [-0.05, 0) is 30.2 Å². The smallest absolute Gasteiger partial charge is 0.320 e. The summed E-state index contributed by atoms with van der Waals surface area (Å²) in [6.45, 7) is 0. The lowest BCUT2D eigenvalue weighted by molar-refractivity contribution is -0.138. The summed E-state index contributed by atoms with van der Waals surface area (Å²) in [5.41, 5.74) is 7.79. The molecule has 0 saturated carbocycles. The third kappa shape index (κ3) is 4.77. The second-order valence-corrected chi connectivity index (χ2v) is 3.92. The molecule has 0 aromatic carbocycles. The van der Waals surface area contributed by atoms with E-state index in [1.807, 2.05) is 30.3 Å². The molecule has 0 aliphatic rings. The van der Waals surface area contributed by atoms with Gasteiger partial charge in [-0.2, -0.15) is 0 Å². The fourth-order valence-corrected chi connectivity index (χ4v) is 1.55. The quantitative estimate of drug-likeness (QED) is 0.900. The van der Waals surface area contributed by atoms with Gasteiger partial charge in [0.15, 0.2) is 0 Å². The topological polar surface area (TPSA) is 89.1 Å². The van der Waals surface area contributed by atoms with Crippen molar-refractivity contribution in [3.8, 4) is 11.4 Å². The minimum atomic E-state index is -1.01. The number of hydrogen-bond acceptors (Lipinski definition) is 4. The molecule has 0 fully saturated rings. The molecule has 2 heterocycles. The van der Waals surface area contributed by atoms with Gasteiger partial charge in [0.05, 0.1) is 11.4 Å². The number of carbonyl (C=O) groups is 1. The van der Waals surface area contributed by atoms with Gasteiger partial charge >= 0.3 is 5.97 Å². The van der Waals surface area contributed by atoms with Crippen LogP contribution in [0, 0.1) is 0 Å². The van der Waals surface area contributed by atoms with E-state index >= 15 is 0 Å². The van der Waals surface area contributed by atoms with Gasteiger partial charge < -0.3 is 10.8 Å². The normalized spacial score (nSPS) is 10.8. The number of rotatable bonds is 4. The molecule has 5 nitrogen and oxygen atoms in total. The van der Waals surface area contributed by atoms with Crippen LogP contribution in [0.25, 0.3) is 11.4 Å². The summed E-state index contributed by atoms with van der Waals surface area (Å²) in [5, 5.41) is 8.72. The fraction of sp³-hybridized carbons (Fsp3) is 0.154. The van der Waals surface area contributed by atoms with Crippen molar-refractivity contribution in [1.82, 2.24) is 9.97 Å². The number of carboxylic acids is 1. The lowest BCUT2D eigenvalue weighted by Gasteiger charge is -2.06. The van der Waals surface area contributed by atoms with Crippen LogP contribution >= 0.6 is 24.8 Å². The molecule has 7 heteroatoms. The molecule has 0 amide bonds. The minimum Gasteiger partial charge on any atom is -0.480 e. The molecule has 0 aliphatic carbocycles. The Morgan fingerprint density at radius 3 is 2.35 bits per heavy atom. The number of hydrogen-bond donors (Lipinski definition) is 2. The molecule has 2 aromatic rings. The van der Waals surface area contributed by atoms with Crippen molar-refractivity contribution < 1.29 is 9.90 Å². The van der Waals surface area contributed by atoms with Gasteiger partial charge in [0.2, 0.25) is 0 Å². The van der Waals surface area contributed by atoms with E-state index in [1.165, 1.54) is 0 Å². The molecule has 108 valence electrons. The molecule has 20 heavy (non-hydrogen) atoms. The largest absolute Gasteiger partial charge is 0.480 e. The second kappa shape index (κ2) is 8.47. The Kier molecular flexibility index (Phi) is 7.76. The molecule has 2 aromatic heterocycles. The predicted octanol–water partition coefficient (Wildman–Crippen LogP) is 1.94. The molecule has 0 spiro atoms. The first-order valence-electron chi connectivity index (χ1n) is 5.51. The van der Waals surface area contributed by atoms with Gasteiger partial charge in [-0.1, -0.05) is 12.1 Å². The van der Waals surface area contributed by atoms with Crippen LogP contribution in [-0.4, -0.2) is 27.1 Å². The van der Waals surface area contributed by atoms with Gasteiger partial charge in [0.25, 0.3) is 0 Å². The van der Waals surface area contributed by atoms with E-state index in [-0.39, 0.29) is 31.2 Å². The highest BCUT2D eigenvalue weighted by Gasteiger charge is 2.12. The molecule has 0 unspecified atom stereocenters. The second-order valence-electron chi connectivity index (χ2n) is 3.92. The van der Waals surface area contributed by atoms with Gasteiger partial charge in [-0.15, -0.1) is 24.8 Å². The number of aromatic nitrogens is 2. The molecule has 0 saturated heterocycles. The minimum absolute atomic E-state index is 0. The molecule has 1 atom stereocenters. The molecule has 3 N–H and O–H groups in total. The average Bonchev–Trinajstić information content (AvgIpc) is 2.40. The number of pyridine rings is 2. The number of aliphatic carboxylic acids is 1. The first kappa shape index (κ1) is 18.3. The maximum Gasteiger partial charge on any atom is 0.320 e. The predicted molar refractivity (Wildman–Crippen MR) is 81.3 cm³/mol. The van der Waals surface area contributed by atoms with Crippen molar-refractivity contribution in [2.24, 2.45) is 5.73 Å². The summed E-state index contributed by atoms with van der Waals surface area (Å²) < 4.78 is 0. The van der Waals surface area contributed by atoms with Crippen LogP contribution < -0.4 is 5.73 Å². The summed E-state index contributed by atoms with van der Waals surface area (Å²) in [5.74, 6) is -1.01. The highest BCUT2D eigenvalue weighted by molar-refractivity contribution is 5.85. The zero-order valence-corrected chi connectivity index (χ0v) is 12.1. The van der Waals surface area contributed by atoms with Crippen molar-refractivity contribution in [2.45, 2.75) is 12.5 Å². The van der Waals surface area contributed by atoms with E-state index < -0.39 is 12.0 Å². The molecular weight excluding hydrogens is 301 g/mol. The van der Waals surface area contributed by atoms with E-state index in [0.717, 1.165) is 17.0 Å². The van der Waals surface area contributed by atoms with Crippen molar-refractivity contribution in [2.75, 3.05) is 0 Å². The molecule has 2 rings (SSSR count). The zero-order chi connectivity index (χ0) is 13.0. The standard InChI is InChI=1S/C13H13N3O2.2ClH/c14-10(13(17)18)7-9-4-5-12(16-8-9)11-3-1-2-6-15-11;;/h1-6,8,10H,7,14H2,(H,17,18);2*1H/t10-;;/m0../s1.